The quantitative estimate of drug-likeness (QED) is 0.0462. The average Bonchev–Trinajstić information content (AvgIpc) is 3.54. The SMILES string of the molecule is CCCCCC(C=C[C@H]1[C@@H](OC2CCCCO2)CC(=O)[C@@H]1CCCCCCC(=O)OC1CCCCO1)OC(c1ccccc1)(c1ccccc1)c1ccccc1. The van der Waals surface area contributed by atoms with Gasteiger partial charge >= 0.3 is 5.97 Å². The normalized spacial score (nSPS) is 23.7. The van der Waals surface area contributed by atoms with Gasteiger partial charge in [-0.3, -0.25) is 9.59 Å². The predicted octanol–water partition coefficient (Wildman–Crippen LogP) is 11.0. The summed E-state index contributed by atoms with van der Waals surface area (Å²) >= 11 is 0. The number of esters is 1. The minimum absolute atomic E-state index is 0.0738. The monoisotopic (exact) mass is 764 g/mol. The maximum atomic E-state index is 13.8. The fourth-order valence-corrected chi connectivity index (χ4v) is 8.71. The second kappa shape index (κ2) is 22.4. The summed E-state index contributed by atoms with van der Waals surface area (Å²) in [7, 11) is 0. The van der Waals surface area contributed by atoms with Crippen LogP contribution >= 0.6 is 0 Å². The summed E-state index contributed by atoms with van der Waals surface area (Å²) in [6, 6.07) is 31.7. The third-order valence-electron chi connectivity index (χ3n) is 11.7. The molecule has 0 aromatic heterocycles. The highest BCUT2D eigenvalue weighted by atomic mass is 16.7. The Labute approximate surface area is 335 Å². The molecule has 2 heterocycles. The van der Waals surface area contributed by atoms with Crippen molar-refractivity contribution in [2.45, 2.75) is 146 Å². The molecule has 7 heteroatoms. The van der Waals surface area contributed by atoms with E-state index < -0.39 is 5.60 Å². The first kappa shape index (κ1) is 42.0. The molecule has 0 radical (unpaired) electrons. The molecule has 3 unspecified atom stereocenters. The number of rotatable bonds is 21. The van der Waals surface area contributed by atoms with E-state index in [0.717, 1.165) is 113 Å². The lowest BCUT2D eigenvalue weighted by Gasteiger charge is -2.38. The average molecular weight is 765 g/mol. The van der Waals surface area contributed by atoms with Crippen LogP contribution in [0, 0.1) is 11.8 Å². The van der Waals surface area contributed by atoms with Crippen molar-refractivity contribution in [2.24, 2.45) is 11.8 Å². The number of Topliss-reactive ketones (excluding diaryl/α,β-unsaturated/α-hetero) is 1. The van der Waals surface area contributed by atoms with Crippen molar-refractivity contribution in [1.82, 2.24) is 0 Å². The minimum Gasteiger partial charge on any atom is -0.436 e. The highest BCUT2D eigenvalue weighted by Crippen LogP contribution is 2.43. The number of unbranched alkanes of at least 4 members (excludes halogenated alkanes) is 5. The lowest BCUT2D eigenvalue weighted by Crippen LogP contribution is -2.36. The first-order valence-corrected chi connectivity index (χ1v) is 21.7. The Bertz CT molecular complexity index is 1500. The van der Waals surface area contributed by atoms with Gasteiger partial charge in [-0.2, -0.15) is 0 Å². The molecular weight excluding hydrogens is 701 g/mol. The zero-order valence-electron chi connectivity index (χ0n) is 33.6. The minimum atomic E-state index is -0.850. The molecule has 302 valence electrons. The molecule has 7 nitrogen and oxygen atoms in total. The highest BCUT2D eigenvalue weighted by molar-refractivity contribution is 5.84. The largest absolute Gasteiger partial charge is 0.436 e. The van der Waals surface area contributed by atoms with E-state index in [0.29, 0.717) is 26.1 Å². The Morgan fingerprint density at radius 2 is 1.34 bits per heavy atom. The topological polar surface area (TPSA) is 80.3 Å². The smallest absolute Gasteiger partial charge is 0.308 e. The second-order valence-electron chi connectivity index (χ2n) is 15.9. The van der Waals surface area contributed by atoms with Crippen LogP contribution in [-0.4, -0.2) is 49.8 Å². The lowest BCUT2D eigenvalue weighted by atomic mass is 9.79. The third kappa shape index (κ3) is 11.7. The molecule has 3 aromatic carbocycles. The first-order valence-electron chi connectivity index (χ1n) is 21.7. The van der Waals surface area contributed by atoms with Crippen LogP contribution in [0.25, 0.3) is 0 Å². The molecule has 6 atom stereocenters. The predicted molar refractivity (Wildman–Crippen MR) is 220 cm³/mol. The summed E-state index contributed by atoms with van der Waals surface area (Å²) in [5.74, 6) is -0.112. The lowest BCUT2D eigenvalue weighted by molar-refractivity contribution is -0.192. The molecule has 2 aliphatic heterocycles. The van der Waals surface area contributed by atoms with Crippen LogP contribution in [0.3, 0.4) is 0 Å². The van der Waals surface area contributed by atoms with Crippen LogP contribution < -0.4 is 0 Å². The summed E-state index contributed by atoms with van der Waals surface area (Å²) in [4.78, 5) is 26.2. The molecule has 0 bridgehead atoms. The zero-order valence-corrected chi connectivity index (χ0v) is 33.6. The van der Waals surface area contributed by atoms with Crippen LogP contribution in [0.2, 0.25) is 0 Å². The molecule has 6 rings (SSSR count). The molecule has 1 aliphatic carbocycles. The van der Waals surface area contributed by atoms with Gasteiger partial charge in [0.1, 0.15) is 11.4 Å². The van der Waals surface area contributed by atoms with Crippen LogP contribution in [0.15, 0.2) is 103 Å². The van der Waals surface area contributed by atoms with E-state index in [1.165, 1.54) is 0 Å². The van der Waals surface area contributed by atoms with Crippen LogP contribution in [0.5, 0.6) is 0 Å². The van der Waals surface area contributed by atoms with Crippen molar-refractivity contribution >= 4 is 11.8 Å². The van der Waals surface area contributed by atoms with Crippen molar-refractivity contribution < 1.29 is 33.3 Å². The molecule has 1 saturated carbocycles. The van der Waals surface area contributed by atoms with Gasteiger partial charge in [0.15, 0.2) is 6.29 Å². The maximum absolute atomic E-state index is 13.8. The summed E-state index contributed by atoms with van der Waals surface area (Å²) in [5.41, 5.74) is 2.38. The molecule has 3 aliphatic rings. The number of benzene rings is 3. The van der Waals surface area contributed by atoms with Crippen molar-refractivity contribution in [3.05, 3.63) is 120 Å². The van der Waals surface area contributed by atoms with Gasteiger partial charge in [0.25, 0.3) is 0 Å². The van der Waals surface area contributed by atoms with Gasteiger partial charge < -0.3 is 23.7 Å². The Morgan fingerprint density at radius 1 is 0.750 bits per heavy atom. The Hall–Kier alpha value is -3.62. The second-order valence-corrected chi connectivity index (χ2v) is 15.9. The van der Waals surface area contributed by atoms with Crippen molar-refractivity contribution in [1.29, 1.82) is 0 Å². The molecular formula is C49H64O7. The molecule has 3 fully saturated rings. The molecule has 0 spiro atoms. The van der Waals surface area contributed by atoms with E-state index in [9.17, 15) is 9.59 Å². The van der Waals surface area contributed by atoms with Crippen molar-refractivity contribution in [3.63, 3.8) is 0 Å². The van der Waals surface area contributed by atoms with E-state index in [4.69, 9.17) is 23.7 Å². The number of carbonyl (C=O) groups is 2. The van der Waals surface area contributed by atoms with Gasteiger partial charge in [-0.15, -0.1) is 0 Å². The summed E-state index contributed by atoms with van der Waals surface area (Å²) in [5, 5.41) is 0. The van der Waals surface area contributed by atoms with Crippen molar-refractivity contribution in [2.75, 3.05) is 13.2 Å². The molecule has 0 amide bonds. The number of ketones is 1. The van der Waals surface area contributed by atoms with Crippen LogP contribution in [0.4, 0.5) is 0 Å². The van der Waals surface area contributed by atoms with E-state index >= 15 is 0 Å². The maximum Gasteiger partial charge on any atom is 0.308 e. The molecule has 3 aromatic rings. The third-order valence-corrected chi connectivity index (χ3v) is 11.7. The van der Waals surface area contributed by atoms with E-state index in [1.54, 1.807) is 0 Å². The Balaban J connectivity index is 1.21. The number of ether oxygens (including phenoxy) is 5. The fraction of sp³-hybridized carbons (Fsp3) is 0.551. The van der Waals surface area contributed by atoms with Crippen LogP contribution in [-0.2, 0) is 38.9 Å². The summed E-state index contributed by atoms with van der Waals surface area (Å²) in [6.07, 6.45) is 18.5. The fourth-order valence-electron chi connectivity index (χ4n) is 8.71. The standard InChI is InChI=1S/C49H64O7/c1-2-3-9-28-41(56-49(38-22-10-6-11-23-38,39-24-12-7-13-25-39)40-26-14-8-15-27-40)33-34-43-42(44(50)37-45(43)54-47-31-18-20-35-52-47)29-16-4-5-17-30-46(51)55-48-32-19-21-36-53-48/h6-8,10-15,22-27,33-34,41-43,45,47-48H,2-5,9,16-21,28-32,35-37H2,1H3/t41?,42-,43-,45+,47?,48?/m1/s1. The molecule has 2 saturated heterocycles. The van der Waals surface area contributed by atoms with Gasteiger partial charge in [-0.25, -0.2) is 0 Å². The zero-order chi connectivity index (χ0) is 38.8. The highest BCUT2D eigenvalue weighted by Gasteiger charge is 2.43. The van der Waals surface area contributed by atoms with E-state index in [-0.39, 0.29) is 48.4 Å². The van der Waals surface area contributed by atoms with Gasteiger partial charge in [0, 0.05) is 37.7 Å². The van der Waals surface area contributed by atoms with E-state index in [2.05, 4.69) is 110 Å². The number of hydrogen-bond acceptors (Lipinski definition) is 7. The van der Waals surface area contributed by atoms with Crippen molar-refractivity contribution in [3.8, 4) is 0 Å². The molecule has 0 N–H and O–H groups in total. The van der Waals surface area contributed by atoms with E-state index in [1.807, 2.05) is 0 Å². The Morgan fingerprint density at radius 3 is 1.91 bits per heavy atom. The number of carbonyl (C=O) groups excluding carboxylic acids is 2. The van der Waals surface area contributed by atoms with Crippen LogP contribution in [0.1, 0.15) is 133 Å². The van der Waals surface area contributed by atoms with Gasteiger partial charge in [0.05, 0.1) is 18.8 Å². The summed E-state index contributed by atoms with van der Waals surface area (Å²) in [6.45, 7) is 3.59. The van der Waals surface area contributed by atoms with Gasteiger partial charge in [-0.1, -0.05) is 149 Å². The first-order chi connectivity index (χ1) is 27.6. The molecule has 56 heavy (non-hydrogen) atoms. The number of hydrogen-bond donors (Lipinski definition) is 0. The van der Waals surface area contributed by atoms with Gasteiger partial charge in [0.2, 0.25) is 6.29 Å². The Kier molecular flexibility index (Phi) is 16.8. The summed E-state index contributed by atoms with van der Waals surface area (Å²) < 4.78 is 31.3. The van der Waals surface area contributed by atoms with Gasteiger partial charge in [-0.05, 0) is 68.1 Å².